The molecule has 0 aliphatic carbocycles. The Kier molecular flexibility index (Phi) is 5.48. The van der Waals surface area contributed by atoms with Gasteiger partial charge in [-0.1, -0.05) is 12.1 Å². The van der Waals surface area contributed by atoms with Gasteiger partial charge in [0.2, 0.25) is 5.91 Å². The molecular formula is C22H22N4O5. The van der Waals surface area contributed by atoms with E-state index in [0.717, 1.165) is 15.8 Å². The highest BCUT2D eigenvalue weighted by Gasteiger charge is 2.39. The van der Waals surface area contributed by atoms with Gasteiger partial charge in [0.15, 0.2) is 11.5 Å². The van der Waals surface area contributed by atoms with Crippen molar-refractivity contribution in [1.29, 1.82) is 0 Å². The first-order chi connectivity index (χ1) is 15.0. The normalized spacial score (nSPS) is 15.8. The van der Waals surface area contributed by atoms with E-state index in [0.29, 0.717) is 22.7 Å². The van der Waals surface area contributed by atoms with E-state index in [2.05, 4.69) is 15.6 Å². The Balaban J connectivity index is 1.40. The molecule has 1 aliphatic rings. The zero-order chi connectivity index (χ0) is 22.0. The van der Waals surface area contributed by atoms with E-state index in [4.69, 9.17) is 9.47 Å². The Hall–Kier alpha value is -4.01. The maximum atomic E-state index is 12.7. The fraction of sp³-hybridized carbons (Fsp3) is 0.227. The second-order valence-corrected chi connectivity index (χ2v) is 7.15. The number of amides is 4. The molecule has 9 heteroatoms. The summed E-state index contributed by atoms with van der Waals surface area (Å²) in [6.45, 7) is 0.0621. The van der Waals surface area contributed by atoms with Gasteiger partial charge in [-0.05, 0) is 41.3 Å². The van der Waals surface area contributed by atoms with E-state index in [1.807, 2.05) is 24.4 Å². The first-order valence-electron chi connectivity index (χ1n) is 9.68. The van der Waals surface area contributed by atoms with E-state index in [1.165, 1.54) is 14.2 Å². The second kappa shape index (κ2) is 8.39. The first kappa shape index (κ1) is 20.3. The number of aromatic amines is 1. The Labute approximate surface area is 178 Å². The van der Waals surface area contributed by atoms with Crippen LogP contribution in [0.25, 0.3) is 10.9 Å². The summed E-state index contributed by atoms with van der Waals surface area (Å²) >= 11 is 0. The van der Waals surface area contributed by atoms with Crippen LogP contribution in [0, 0.1) is 0 Å². The zero-order valence-corrected chi connectivity index (χ0v) is 17.1. The van der Waals surface area contributed by atoms with Gasteiger partial charge >= 0.3 is 6.03 Å². The molecule has 1 aromatic heterocycles. The van der Waals surface area contributed by atoms with Crippen molar-refractivity contribution in [3.8, 4) is 11.5 Å². The van der Waals surface area contributed by atoms with Gasteiger partial charge in [0, 0.05) is 17.4 Å². The van der Waals surface area contributed by atoms with Gasteiger partial charge < -0.3 is 25.1 Å². The molecule has 0 bridgehead atoms. The molecule has 9 nitrogen and oxygen atoms in total. The molecular weight excluding hydrogens is 400 g/mol. The molecule has 0 unspecified atom stereocenters. The van der Waals surface area contributed by atoms with Crippen molar-refractivity contribution >= 4 is 34.4 Å². The summed E-state index contributed by atoms with van der Waals surface area (Å²) in [5, 5.41) is 6.38. The smallest absolute Gasteiger partial charge is 0.325 e. The maximum Gasteiger partial charge on any atom is 0.325 e. The van der Waals surface area contributed by atoms with Crippen LogP contribution in [-0.4, -0.2) is 48.0 Å². The minimum absolute atomic E-state index is 0.0621. The molecule has 1 saturated heterocycles. The average Bonchev–Trinajstić information content (AvgIpc) is 3.33. The molecule has 0 radical (unpaired) electrons. The largest absolute Gasteiger partial charge is 0.493 e. The minimum atomic E-state index is -0.915. The highest BCUT2D eigenvalue weighted by Crippen LogP contribution is 2.28. The Morgan fingerprint density at radius 3 is 2.65 bits per heavy atom. The number of carbonyl (C=O) groups excluding carboxylic acids is 3. The van der Waals surface area contributed by atoms with E-state index >= 15 is 0 Å². The number of rotatable bonds is 7. The lowest BCUT2D eigenvalue weighted by atomic mass is 10.1. The Bertz CT molecular complexity index is 1160. The van der Waals surface area contributed by atoms with Crippen molar-refractivity contribution < 1.29 is 23.9 Å². The summed E-state index contributed by atoms with van der Waals surface area (Å²) < 4.78 is 10.5. The fourth-order valence-electron chi connectivity index (χ4n) is 3.55. The number of benzene rings is 2. The number of imide groups is 1. The highest BCUT2D eigenvalue weighted by atomic mass is 16.5. The standard InChI is InChI=1S/C22H22N4O5/c1-30-18-6-3-13(9-19(18)31-2)12-26-21(28)17(25-22(26)29)11-20(27)24-15-5-4-14-7-8-23-16(14)10-15/h3-10,17,23H,11-12H2,1-2H3,(H,24,27)(H,25,29)/t17-/m0/s1. The average molecular weight is 422 g/mol. The van der Waals surface area contributed by atoms with Crippen molar-refractivity contribution in [2.45, 2.75) is 19.0 Å². The van der Waals surface area contributed by atoms with Crippen molar-refractivity contribution in [2.75, 3.05) is 19.5 Å². The number of ether oxygens (including phenoxy) is 2. The van der Waals surface area contributed by atoms with Crippen LogP contribution in [0.15, 0.2) is 48.7 Å². The zero-order valence-electron chi connectivity index (χ0n) is 17.1. The number of fused-ring (bicyclic) bond motifs is 1. The van der Waals surface area contributed by atoms with Crippen LogP contribution < -0.4 is 20.1 Å². The second-order valence-electron chi connectivity index (χ2n) is 7.15. The molecule has 4 amide bonds. The van der Waals surface area contributed by atoms with Crippen LogP contribution in [0.5, 0.6) is 11.5 Å². The molecule has 2 aromatic carbocycles. The molecule has 0 spiro atoms. The molecule has 160 valence electrons. The van der Waals surface area contributed by atoms with Gasteiger partial charge in [0.1, 0.15) is 6.04 Å². The van der Waals surface area contributed by atoms with Crippen LogP contribution in [0.1, 0.15) is 12.0 Å². The predicted molar refractivity (Wildman–Crippen MR) is 114 cm³/mol. The van der Waals surface area contributed by atoms with Gasteiger partial charge in [-0.2, -0.15) is 0 Å². The van der Waals surface area contributed by atoms with Crippen molar-refractivity contribution in [3.63, 3.8) is 0 Å². The lowest BCUT2D eigenvalue weighted by molar-refractivity contribution is -0.130. The van der Waals surface area contributed by atoms with Crippen LogP contribution in [0.2, 0.25) is 0 Å². The quantitative estimate of drug-likeness (QED) is 0.507. The van der Waals surface area contributed by atoms with E-state index in [9.17, 15) is 14.4 Å². The van der Waals surface area contributed by atoms with Crippen LogP contribution >= 0.6 is 0 Å². The molecule has 1 fully saturated rings. The summed E-state index contributed by atoms with van der Waals surface area (Å²) in [5.41, 5.74) is 2.20. The molecule has 4 rings (SSSR count). The fourth-order valence-corrected chi connectivity index (χ4v) is 3.55. The number of urea groups is 1. The number of hydrogen-bond donors (Lipinski definition) is 3. The molecule has 1 atom stereocenters. The first-order valence-corrected chi connectivity index (χ1v) is 9.68. The summed E-state index contributed by atoms with van der Waals surface area (Å²) in [6.07, 6.45) is 1.66. The summed E-state index contributed by atoms with van der Waals surface area (Å²) in [7, 11) is 3.04. The highest BCUT2D eigenvalue weighted by molar-refractivity contribution is 6.07. The maximum absolute atomic E-state index is 12.7. The third-order valence-corrected chi connectivity index (χ3v) is 5.12. The summed E-state index contributed by atoms with van der Waals surface area (Å²) in [4.78, 5) is 41.7. The third-order valence-electron chi connectivity index (χ3n) is 5.12. The van der Waals surface area contributed by atoms with E-state index in [1.54, 1.807) is 24.3 Å². The van der Waals surface area contributed by atoms with Crippen molar-refractivity contribution in [2.24, 2.45) is 0 Å². The van der Waals surface area contributed by atoms with Crippen molar-refractivity contribution in [1.82, 2.24) is 15.2 Å². The molecule has 2 heterocycles. The van der Waals surface area contributed by atoms with Gasteiger partial charge in [-0.25, -0.2) is 4.79 Å². The minimum Gasteiger partial charge on any atom is -0.493 e. The summed E-state index contributed by atoms with van der Waals surface area (Å²) in [6, 6.07) is 11.1. The van der Waals surface area contributed by atoms with Gasteiger partial charge in [0.05, 0.1) is 27.2 Å². The molecule has 3 N–H and O–H groups in total. The lowest BCUT2D eigenvalue weighted by Gasteiger charge is -2.15. The van der Waals surface area contributed by atoms with Crippen molar-refractivity contribution in [3.05, 3.63) is 54.2 Å². The predicted octanol–water partition coefficient (Wildman–Crippen LogP) is 2.63. The number of nitrogens with one attached hydrogen (secondary N) is 3. The van der Waals surface area contributed by atoms with Gasteiger partial charge in [-0.3, -0.25) is 14.5 Å². The molecule has 1 aliphatic heterocycles. The molecule has 31 heavy (non-hydrogen) atoms. The Morgan fingerprint density at radius 1 is 1.06 bits per heavy atom. The van der Waals surface area contributed by atoms with Crippen LogP contribution in [0.3, 0.4) is 0 Å². The SMILES string of the molecule is COc1ccc(CN2C(=O)N[C@@H](CC(=O)Nc3ccc4cc[nH]c4c3)C2=O)cc1OC. The molecule has 0 saturated carbocycles. The number of hydrogen-bond acceptors (Lipinski definition) is 5. The van der Waals surface area contributed by atoms with E-state index < -0.39 is 18.0 Å². The van der Waals surface area contributed by atoms with Crippen LogP contribution in [-0.2, 0) is 16.1 Å². The topological polar surface area (TPSA) is 113 Å². The van der Waals surface area contributed by atoms with Gasteiger partial charge in [-0.15, -0.1) is 0 Å². The number of aromatic nitrogens is 1. The number of carbonyl (C=O) groups is 3. The van der Waals surface area contributed by atoms with Gasteiger partial charge in [0.25, 0.3) is 5.91 Å². The van der Waals surface area contributed by atoms with E-state index in [-0.39, 0.29) is 18.9 Å². The number of nitrogens with zero attached hydrogens (tertiary/aromatic N) is 1. The molecule has 3 aromatic rings. The van der Waals surface area contributed by atoms with Crippen LogP contribution in [0.4, 0.5) is 10.5 Å². The number of H-pyrrole nitrogens is 1. The third kappa shape index (κ3) is 4.16. The lowest BCUT2D eigenvalue weighted by Crippen LogP contribution is -2.34. The summed E-state index contributed by atoms with van der Waals surface area (Å²) in [5.74, 6) is 0.241. The Morgan fingerprint density at radius 2 is 1.87 bits per heavy atom. The number of methoxy groups -OCH3 is 2. The monoisotopic (exact) mass is 422 g/mol. The number of anilines is 1.